The largest absolute Gasteiger partial charge is 0.409 e. The minimum Gasteiger partial charge on any atom is -0.409 e. The molecule has 0 aromatic rings. The van der Waals surface area contributed by atoms with E-state index in [0.29, 0.717) is 12.5 Å². The zero-order valence-corrected chi connectivity index (χ0v) is 11.5. The molecule has 0 aromatic carbocycles. The Hall–Kier alpha value is -1.30. The van der Waals surface area contributed by atoms with Crippen molar-refractivity contribution >= 4 is 11.7 Å². The maximum atomic E-state index is 12.3. The summed E-state index contributed by atoms with van der Waals surface area (Å²) in [5.74, 6) is -0.479. The highest BCUT2D eigenvalue weighted by molar-refractivity contribution is 6.02. The first-order valence-electron chi connectivity index (χ1n) is 6.43. The lowest BCUT2D eigenvalue weighted by molar-refractivity contribution is -0.132. The van der Waals surface area contributed by atoms with Crippen molar-refractivity contribution in [3.05, 3.63) is 0 Å². The summed E-state index contributed by atoms with van der Waals surface area (Å²) >= 11 is 0. The number of rotatable bonds is 5. The number of hydrogen-bond donors (Lipinski definition) is 2. The van der Waals surface area contributed by atoms with Gasteiger partial charge in [-0.15, -0.1) is 0 Å². The smallest absolute Gasteiger partial charge is 0.233 e. The Morgan fingerprint density at radius 3 is 2.72 bits per heavy atom. The van der Waals surface area contributed by atoms with Crippen LogP contribution in [-0.4, -0.2) is 60.0 Å². The summed E-state index contributed by atoms with van der Waals surface area (Å²) in [6.45, 7) is 3.46. The van der Waals surface area contributed by atoms with Gasteiger partial charge in [0.15, 0.2) is 5.84 Å². The molecule has 0 bridgehead atoms. The fourth-order valence-electron chi connectivity index (χ4n) is 2.34. The van der Waals surface area contributed by atoms with Gasteiger partial charge in [0.25, 0.3) is 0 Å². The van der Waals surface area contributed by atoms with Crippen LogP contribution >= 0.6 is 0 Å². The highest BCUT2D eigenvalue weighted by atomic mass is 16.4. The van der Waals surface area contributed by atoms with Crippen molar-refractivity contribution in [1.82, 2.24) is 9.80 Å². The van der Waals surface area contributed by atoms with Crippen molar-refractivity contribution in [3.8, 4) is 0 Å². The first-order chi connectivity index (χ1) is 8.51. The van der Waals surface area contributed by atoms with Crippen LogP contribution < -0.4 is 5.73 Å². The van der Waals surface area contributed by atoms with Crippen LogP contribution in [0.4, 0.5) is 0 Å². The molecule has 6 heteroatoms. The second kappa shape index (κ2) is 6.58. The van der Waals surface area contributed by atoms with Gasteiger partial charge in [-0.2, -0.15) is 0 Å². The third-order valence-corrected chi connectivity index (χ3v) is 3.55. The minimum atomic E-state index is -0.485. The van der Waals surface area contributed by atoms with E-state index in [0.717, 1.165) is 25.9 Å². The number of nitrogens with zero attached hydrogens (tertiary/aromatic N) is 3. The molecule has 3 N–H and O–H groups in total. The first kappa shape index (κ1) is 14.8. The van der Waals surface area contributed by atoms with Crippen LogP contribution in [0.25, 0.3) is 0 Å². The molecule has 1 heterocycles. The SMILES string of the molecule is CCCC(C(=O)N1CCC(N(C)C)C1)C(N)=NO. The topological polar surface area (TPSA) is 82.2 Å². The zero-order valence-electron chi connectivity index (χ0n) is 11.5. The monoisotopic (exact) mass is 256 g/mol. The normalized spacial score (nSPS) is 22.6. The Labute approximate surface area is 108 Å². The van der Waals surface area contributed by atoms with E-state index in [4.69, 9.17) is 10.9 Å². The van der Waals surface area contributed by atoms with Crippen molar-refractivity contribution in [3.63, 3.8) is 0 Å². The average Bonchev–Trinajstić information content (AvgIpc) is 2.84. The number of likely N-dealkylation sites (N-methyl/N-ethyl adjacent to an activating group) is 1. The molecule has 0 radical (unpaired) electrons. The molecule has 2 unspecified atom stereocenters. The van der Waals surface area contributed by atoms with Crippen LogP contribution in [0, 0.1) is 5.92 Å². The standard InChI is InChI=1S/C12H24N4O2/c1-4-5-10(11(13)14-18)12(17)16-7-6-9(8-16)15(2)3/h9-10,18H,4-8H2,1-3H3,(H2,13,14). The molecule has 18 heavy (non-hydrogen) atoms. The number of likely N-dealkylation sites (tertiary alicyclic amines) is 1. The summed E-state index contributed by atoms with van der Waals surface area (Å²) in [4.78, 5) is 16.3. The Balaban J connectivity index is 2.67. The number of carbonyl (C=O) groups is 1. The summed E-state index contributed by atoms with van der Waals surface area (Å²) in [5.41, 5.74) is 5.61. The third-order valence-electron chi connectivity index (χ3n) is 3.55. The molecule has 2 atom stereocenters. The second-order valence-electron chi connectivity index (χ2n) is 5.06. The highest BCUT2D eigenvalue weighted by Crippen LogP contribution is 2.18. The second-order valence-corrected chi connectivity index (χ2v) is 5.06. The van der Waals surface area contributed by atoms with E-state index >= 15 is 0 Å². The summed E-state index contributed by atoms with van der Waals surface area (Å²) in [6.07, 6.45) is 2.43. The van der Waals surface area contributed by atoms with Crippen molar-refractivity contribution in [2.24, 2.45) is 16.8 Å². The quantitative estimate of drug-likeness (QED) is 0.321. The van der Waals surface area contributed by atoms with E-state index in [2.05, 4.69) is 10.1 Å². The van der Waals surface area contributed by atoms with Gasteiger partial charge in [-0.1, -0.05) is 18.5 Å². The number of hydrogen-bond acceptors (Lipinski definition) is 4. The van der Waals surface area contributed by atoms with E-state index in [-0.39, 0.29) is 11.7 Å². The third kappa shape index (κ3) is 3.35. The maximum Gasteiger partial charge on any atom is 0.233 e. The molecule has 1 saturated heterocycles. The van der Waals surface area contributed by atoms with Gasteiger partial charge in [0, 0.05) is 19.1 Å². The molecular weight excluding hydrogens is 232 g/mol. The van der Waals surface area contributed by atoms with Crippen LogP contribution in [0.5, 0.6) is 0 Å². The molecule has 6 nitrogen and oxygen atoms in total. The Morgan fingerprint density at radius 2 is 2.28 bits per heavy atom. The predicted octanol–water partition coefficient (Wildman–Crippen LogP) is 0.312. The number of amidine groups is 1. The summed E-state index contributed by atoms with van der Waals surface area (Å²) in [5, 5.41) is 11.7. The number of oxime groups is 1. The molecule has 1 amide bonds. The summed E-state index contributed by atoms with van der Waals surface area (Å²) in [7, 11) is 4.04. The van der Waals surface area contributed by atoms with Gasteiger partial charge in [0.2, 0.25) is 5.91 Å². The van der Waals surface area contributed by atoms with E-state index in [1.165, 1.54) is 0 Å². The van der Waals surface area contributed by atoms with E-state index in [1.54, 1.807) is 0 Å². The summed E-state index contributed by atoms with van der Waals surface area (Å²) in [6, 6.07) is 0.406. The van der Waals surface area contributed by atoms with Crippen LogP contribution in [0.2, 0.25) is 0 Å². The molecular formula is C12H24N4O2. The Kier molecular flexibility index (Phi) is 5.40. The van der Waals surface area contributed by atoms with Gasteiger partial charge in [-0.25, -0.2) is 0 Å². The Morgan fingerprint density at radius 1 is 1.61 bits per heavy atom. The van der Waals surface area contributed by atoms with Crippen molar-refractivity contribution in [2.45, 2.75) is 32.2 Å². The fourth-order valence-corrected chi connectivity index (χ4v) is 2.34. The fraction of sp³-hybridized carbons (Fsp3) is 0.833. The predicted molar refractivity (Wildman–Crippen MR) is 70.5 cm³/mol. The van der Waals surface area contributed by atoms with Crippen LogP contribution in [-0.2, 0) is 4.79 Å². The molecule has 0 spiro atoms. The van der Waals surface area contributed by atoms with Crippen LogP contribution in [0.15, 0.2) is 5.16 Å². The van der Waals surface area contributed by atoms with Crippen LogP contribution in [0.1, 0.15) is 26.2 Å². The number of carbonyl (C=O) groups excluding carboxylic acids is 1. The minimum absolute atomic E-state index is 0.0171. The van der Waals surface area contributed by atoms with E-state index in [1.807, 2.05) is 25.9 Å². The molecule has 1 aliphatic rings. The molecule has 1 aliphatic heterocycles. The lowest BCUT2D eigenvalue weighted by atomic mass is 10.0. The first-order valence-corrected chi connectivity index (χ1v) is 6.43. The number of nitrogens with two attached hydrogens (primary N) is 1. The molecule has 1 rings (SSSR count). The van der Waals surface area contributed by atoms with E-state index < -0.39 is 5.92 Å². The lowest BCUT2D eigenvalue weighted by Gasteiger charge is -2.24. The number of amides is 1. The van der Waals surface area contributed by atoms with Gasteiger partial charge in [-0.3, -0.25) is 4.79 Å². The molecule has 0 aliphatic carbocycles. The van der Waals surface area contributed by atoms with Gasteiger partial charge < -0.3 is 20.7 Å². The Bertz CT molecular complexity index is 317. The van der Waals surface area contributed by atoms with Gasteiger partial charge in [0.1, 0.15) is 0 Å². The van der Waals surface area contributed by atoms with E-state index in [9.17, 15) is 4.79 Å². The van der Waals surface area contributed by atoms with Crippen molar-refractivity contribution < 1.29 is 10.0 Å². The molecule has 1 fully saturated rings. The molecule has 104 valence electrons. The zero-order chi connectivity index (χ0) is 13.7. The van der Waals surface area contributed by atoms with Crippen molar-refractivity contribution in [1.29, 1.82) is 0 Å². The average molecular weight is 256 g/mol. The highest BCUT2D eigenvalue weighted by Gasteiger charge is 2.33. The van der Waals surface area contributed by atoms with Gasteiger partial charge in [-0.05, 0) is 26.9 Å². The molecule has 0 saturated carbocycles. The lowest BCUT2D eigenvalue weighted by Crippen LogP contribution is -2.42. The van der Waals surface area contributed by atoms with Gasteiger partial charge in [0.05, 0.1) is 5.92 Å². The van der Waals surface area contributed by atoms with Crippen LogP contribution in [0.3, 0.4) is 0 Å². The maximum absolute atomic E-state index is 12.3. The summed E-state index contributed by atoms with van der Waals surface area (Å²) < 4.78 is 0. The van der Waals surface area contributed by atoms with Crippen molar-refractivity contribution in [2.75, 3.05) is 27.2 Å². The van der Waals surface area contributed by atoms with Gasteiger partial charge >= 0.3 is 0 Å². The molecule has 0 aromatic heterocycles.